The monoisotopic (exact) mass is 257 g/mol. The summed E-state index contributed by atoms with van der Waals surface area (Å²) < 4.78 is 9.78. The summed E-state index contributed by atoms with van der Waals surface area (Å²) in [5, 5.41) is 0. The summed E-state index contributed by atoms with van der Waals surface area (Å²) in [6.07, 6.45) is 0.814. The smallest absolute Gasteiger partial charge is 0.322 e. The van der Waals surface area contributed by atoms with Crippen LogP contribution in [0.1, 0.15) is 26.7 Å². The maximum atomic E-state index is 11.8. The Balaban J connectivity index is 2.86. The van der Waals surface area contributed by atoms with Crippen molar-refractivity contribution in [2.75, 3.05) is 20.3 Å². The molecule has 1 aliphatic rings. The van der Waals surface area contributed by atoms with Crippen molar-refractivity contribution in [1.29, 1.82) is 0 Å². The Morgan fingerprint density at radius 3 is 2.11 bits per heavy atom. The zero-order chi connectivity index (χ0) is 13.7. The Morgan fingerprint density at radius 2 is 1.78 bits per heavy atom. The average molecular weight is 257 g/mol. The van der Waals surface area contributed by atoms with E-state index in [2.05, 4.69) is 0 Å². The topological polar surface area (TPSA) is 72.9 Å². The summed E-state index contributed by atoms with van der Waals surface area (Å²) in [6.45, 7) is 3.73. The molecule has 1 unspecified atom stereocenters. The van der Waals surface area contributed by atoms with E-state index in [0.29, 0.717) is 12.8 Å². The van der Waals surface area contributed by atoms with E-state index in [1.807, 2.05) is 0 Å². The van der Waals surface area contributed by atoms with Crippen LogP contribution in [0.5, 0.6) is 0 Å². The largest absolute Gasteiger partial charge is 0.465 e. The highest BCUT2D eigenvalue weighted by Gasteiger charge is 2.44. The minimum Gasteiger partial charge on any atom is -0.465 e. The molecule has 1 rings (SSSR count). The predicted octanol–water partition coefficient (Wildman–Crippen LogP) is 0.350. The zero-order valence-corrected chi connectivity index (χ0v) is 11.0. The highest BCUT2D eigenvalue weighted by Crippen LogP contribution is 2.25. The summed E-state index contributed by atoms with van der Waals surface area (Å²) in [7, 11) is 1.59. The fraction of sp³-hybridized carbons (Fsp3) is 0.750. The molecule has 1 aliphatic heterocycles. The standard InChI is InChI=1S/C12H19NO5/c1-4-17-11(15)10(12(16)18-5-2)8-6-7-9(14)13(8)3/h8,10H,4-7H2,1-3H3. The molecule has 0 aromatic carbocycles. The van der Waals surface area contributed by atoms with E-state index in [-0.39, 0.29) is 19.1 Å². The van der Waals surface area contributed by atoms with Gasteiger partial charge in [-0.05, 0) is 20.3 Å². The molecule has 0 aromatic heterocycles. The van der Waals surface area contributed by atoms with Gasteiger partial charge in [-0.15, -0.1) is 0 Å². The van der Waals surface area contributed by atoms with Crippen LogP contribution < -0.4 is 0 Å². The quantitative estimate of drug-likeness (QED) is 0.525. The Bertz CT molecular complexity index is 323. The molecule has 0 N–H and O–H groups in total. The van der Waals surface area contributed by atoms with Gasteiger partial charge in [0.2, 0.25) is 5.91 Å². The lowest BCUT2D eigenvalue weighted by atomic mass is 9.98. The highest BCUT2D eigenvalue weighted by molar-refractivity contribution is 5.97. The Kier molecular flexibility index (Phi) is 5.12. The molecular formula is C12H19NO5. The molecule has 0 bridgehead atoms. The zero-order valence-electron chi connectivity index (χ0n) is 11.0. The SMILES string of the molecule is CCOC(=O)C(C(=O)OCC)C1CCC(=O)N1C. The maximum absolute atomic E-state index is 11.8. The number of nitrogens with zero attached hydrogens (tertiary/aromatic N) is 1. The van der Waals surface area contributed by atoms with Crippen LogP contribution in [0, 0.1) is 5.92 Å². The van der Waals surface area contributed by atoms with Crippen LogP contribution in [0.2, 0.25) is 0 Å². The number of carbonyl (C=O) groups is 3. The molecule has 0 saturated carbocycles. The van der Waals surface area contributed by atoms with Crippen LogP contribution >= 0.6 is 0 Å². The van der Waals surface area contributed by atoms with Gasteiger partial charge in [0.15, 0.2) is 5.92 Å². The Morgan fingerprint density at radius 1 is 1.28 bits per heavy atom. The second-order valence-electron chi connectivity index (χ2n) is 4.09. The normalized spacial score (nSPS) is 19.2. The summed E-state index contributed by atoms with van der Waals surface area (Å²) in [6, 6.07) is -0.462. The van der Waals surface area contributed by atoms with Crippen molar-refractivity contribution in [2.45, 2.75) is 32.7 Å². The van der Waals surface area contributed by atoms with Gasteiger partial charge in [0, 0.05) is 13.5 Å². The Hall–Kier alpha value is -1.59. The number of amides is 1. The molecule has 1 heterocycles. The number of likely N-dealkylation sites (tertiary alicyclic amines) is 1. The number of carbonyl (C=O) groups excluding carboxylic acids is 3. The lowest BCUT2D eigenvalue weighted by molar-refractivity contribution is -0.164. The summed E-state index contributed by atoms with van der Waals surface area (Å²) >= 11 is 0. The summed E-state index contributed by atoms with van der Waals surface area (Å²) in [5.74, 6) is -2.36. The van der Waals surface area contributed by atoms with Crippen molar-refractivity contribution in [3.05, 3.63) is 0 Å². The Labute approximate surface area is 106 Å². The molecule has 102 valence electrons. The molecule has 18 heavy (non-hydrogen) atoms. The number of ether oxygens (including phenoxy) is 2. The van der Waals surface area contributed by atoms with Crippen molar-refractivity contribution in [3.8, 4) is 0 Å². The van der Waals surface area contributed by atoms with Gasteiger partial charge in [-0.1, -0.05) is 0 Å². The van der Waals surface area contributed by atoms with E-state index in [0.717, 1.165) is 0 Å². The first-order valence-corrected chi connectivity index (χ1v) is 6.11. The van der Waals surface area contributed by atoms with E-state index in [1.165, 1.54) is 4.90 Å². The molecule has 0 spiro atoms. The van der Waals surface area contributed by atoms with Crippen LogP contribution in [0.25, 0.3) is 0 Å². The van der Waals surface area contributed by atoms with Crippen LogP contribution in [-0.2, 0) is 23.9 Å². The molecule has 1 atom stereocenters. The summed E-state index contributed by atoms with van der Waals surface area (Å²) in [5.41, 5.74) is 0. The number of hydrogen-bond acceptors (Lipinski definition) is 5. The molecule has 1 saturated heterocycles. The highest BCUT2D eigenvalue weighted by atomic mass is 16.6. The van der Waals surface area contributed by atoms with Crippen molar-refractivity contribution < 1.29 is 23.9 Å². The molecule has 6 heteroatoms. The predicted molar refractivity (Wildman–Crippen MR) is 62.5 cm³/mol. The number of hydrogen-bond donors (Lipinski definition) is 0. The first-order valence-electron chi connectivity index (χ1n) is 6.11. The molecule has 1 amide bonds. The first-order chi connectivity index (χ1) is 8.52. The molecule has 0 radical (unpaired) electrons. The second-order valence-corrected chi connectivity index (χ2v) is 4.09. The third-order valence-electron chi connectivity index (χ3n) is 3.01. The van der Waals surface area contributed by atoms with E-state index in [4.69, 9.17) is 9.47 Å². The van der Waals surface area contributed by atoms with Gasteiger partial charge in [0.25, 0.3) is 0 Å². The van der Waals surface area contributed by atoms with Crippen molar-refractivity contribution >= 4 is 17.8 Å². The van der Waals surface area contributed by atoms with Gasteiger partial charge in [-0.3, -0.25) is 14.4 Å². The minimum atomic E-state index is -1.04. The third-order valence-corrected chi connectivity index (χ3v) is 3.01. The number of rotatable bonds is 5. The van der Waals surface area contributed by atoms with E-state index in [9.17, 15) is 14.4 Å². The lowest BCUT2D eigenvalue weighted by Gasteiger charge is -2.25. The fourth-order valence-electron chi connectivity index (χ4n) is 2.09. The van der Waals surface area contributed by atoms with Crippen molar-refractivity contribution in [1.82, 2.24) is 4.90 Å². The van der Waals surface area contributed by atoms with Gasteiger partial charge < -0.3 is 14.4 Å². The van der Waals surface area contributed by atoms with E-state index in [1.54, 1.807) is 20.9 Å². The molecule has 1 fully saturated rings. The molecule has 0 aliphatic carbocycles. The van der Waals surface area contributed by atoms with E-state index < -0.39 is 23.9 Å². The van der Waals surface area contributed by atoms with Crippen LogP contribution in [0.4, 0.5) is 0 Å². The average Bonchev–Trinajstić information content (AvgIpc) is 2.62. The van der Waals surface area contributed by atoms with Gasteiger partial charge >= 0.3 is 11.9 Å². The fourth-order valence-corrected chi connectivity index (χ4v) is 2.09. The maximum Gasteiger partial charge on any atom is 0.322 e. The van der Waals surface area contributed by atoms with Gasteiger partial charge in [0.05, 0.1) is 19.3 Å². The van der Waals surface area contributed by atoms with Crippen molar-refractivity contribution in [2.24, 2.45) is 5.92 Å². The molecular weight excluding hydrogens is 238 g/mol. The first kappa shape index (κ1) is 14.5. The van der Waals surface area contributed by atoms with Crippen LogP contribution in [-0.4, -0.2) is 49.0 Å². The van der Waals surface area contributed by atoms with E-state index >= 15 is 0 Å². The second kappa shape index (κ2) is 6.37. The van der Waals surface area contributed by atoms with Gasteiger partial charge in [-0.2, -0.15) is 0 Å². The lowest BCUT2D eigenvalue weighted by Crippen LogP contribution is -2.44. The number of esters is 2. The summed E-state index contributed by atoms with van der Waals surface area (Å²) in [4.78, 5) is 36.6. The molecule has 6 nitrogen and oxygen atoms in total. The minimum absolute atomic E-state index is 0.0707. The van der Waals surface area contributed by atoms with Crippen LogP contribution in [0.3, 0.4) is 0 Å². The van der Waals surface area contributed by atoms with Crippen LogP contribution in [0.15, 0.2) is 0 Å². The third kappa shape index (κ3) is 3.00. The molecule has 0 aromatic rings. The van der Waals surface area contributed by atoms with Gasteiger partial charge in [-0.25, -0.2) is 0 Å². The van der Waals surface area contributed by atoms with Gasteiger partial charge in [0.1, 0.15) is 0 Å². The van der Waals surface area contributed by atoms with Crippen molar-refractivity contribution in [3.63, 3.8) is 0 Å².